The van der Waals surface area contributed by atoms with Gasteiger partial charge in [0.15, 0.2) is 5.78 Å². The van der Waals surface area contributed by atoms with Crippen molar-refractivity contribution in [3.8, 4) is 11.8 Å². The van der Waals surface area contributed by atoms with E-state index in [0.29, 0.717) is 5.56 Å². The van der Waals surface area contributed by atoms with Crippen LogP contribution in [0.25, 0.3) is 0 Å². The Morgan fingerprint density at radius 2 is 1.61 bits per heavy atom. The van der Waals surface area contributed by atoms with Crippen LogP contribution in [0.5, 0.6) is 0 Å². The van der Waals surface area contributed by atoms with Crippen molar-refractivity contribution >= 4 is 11.7 Å². The largest absolute Gasteiger partial charge is 0.388 e. The minimum absolute atomic E-state index is 0.0682. The number of methoxy groups -OCH3 is 1. The predicted octanol–water partition coefficient (Wildman–Crippen LogP) is 2.06. The molecule has 0 aliphatic rings. The summed E-state index contributed by atoms with van der Waals surface area (Å²) < 4.78 is 5.06. The summed E-state index contributed by atoms with van der Waals surface area (Å²) in [6, 6.07) is 14.1. The zero-order valence-electron chi connectivity index (χ0n) is 17.9. The van der Waals surface area contributed by atoms with Crippen molar-refractivity contribution in [2.75, 3.05) is 26.9 Å². The molecule has 0 bridgehead atoms. The van der Waals surface area contributed by atoms with Crippen molar-refractivity contribution in [3.63, 3.8) is 0 Å². The molecule has 6 heteroatoms. The van der Waals surface area contributed by atoms with E-state index in [-0.39, 0.29) is 6.54 Å². The van der Waals surface area contributed by atoms with Gasteiger partial charge in [-0.2, -0.15) is 0 Å². The number of hydrogen-bond donors (Lipinski definition) is 3. The zero-order valence-corrected chi connectivity index (χ0v) is 17.9. The zero-order chi connectivity index (χ0) is 22.5. The molecule has 4 N–H and O–H groups in total. The highest BCUT2D eigenvalue weighted by molar-refractivity contribution is 5.98. The van der Waals surface area contributed by atoms with Gasteiger partial charge in [-0.1, -0.05) is 30.4 Å². The Labute approximate surface area is 183 Å². The second kappa shape index (κ2) is 13.3. The highest BCUT2D eigenvalue weighted by Gasteiger charge is 2.18. The molecule has 2 rings (SSSR count). The minimum Gasteiger partial charge on any atom is -0.388 e. The first-order valence-electron chi connectivity index (χ1n) is 10.4. The van der Waals surface area contributed by atoms with Gasteiger partial charge in [-0.05, 0) is 61.2 Å². The Morgan fingerprint density at radius 1 is 1.00 bits per heavy atom. The Kier molecular flexibility index (Phi) is 10.5. The summed E-state index contributed by atoms with van der Waals surface area (Å²) in [5.41, 5.74) is 8.88. The van der Waals surface area contributed by atoms with Gasteiger partial charge in [0, 0.05) is 37.0 Å². The number of benzene rings is 2. The SMILES string of the molecule is COCCCCCc1ccc(C#Cc2ccc(C(=O)N[C@@H](CN)C(=O)CO)cc2)cc1. The van der Waals surface area contributed by atoms with Gasteiger partial charge in [0.1, 0.15) is 12.6 Å². The maximum atomic E-state index is 12.2. The van der Waals surface area contributed by atoms with Gasteiger partial charge in [-0.15, -0.1) is 0 Å². The van der Waals surface area contributed by atoms with Gasteiger partial charge in [-0.3, -0.25) is 9.59 Å². The number of nitrogens with one attached hydrogen (secondary N) is 1. The third kappa shape index (κ3) is 8.35. The van der Waals surface area contributed by atoms with Crippen molar-refractivity contribution < 1.29 is 19.4 Å². The number of aliphatic hydroxyl groups is 1. The first kappa shape index (κ1) is 24.3. The number of carbonyl (C=O) groups is 2. The molecule has 0 aromatic heterocycles. The van der Waals surface area contributed by atoms with E-state index in [2.05, 4.69) is 29.3 Å². The number of hydrogen-bond acceptors (Lipinski definition) is 5. The first-order chi connectivity index (χ1) is 15.1. The quantitative estimate of drug-likeness (QED) is 0.380. The molecule has 0 heterocycles. The third-order valence-electron chi connectivity index (χ3n) is 4.85. The topological polar surface area (TPSA) is 102 Å². The van der Waals surface area contributed by atoms with Crippen LogP contribution < -0.4 is 11.1 Å². The van der Waals surface area contributed by atoms with Crippen LogP contribution in [0.1, 0.15) is 46.3 Å². The lowest BCUT2D eigenvalue weighted by Gasteiger charge is -2.14. The second-order valence-corrected chi connectivity index (χ2v) is 7.21. The number of rotatable bonds is 11. The smallest absolute Gasteiger partial charge is 0.251 e. The van der Waals surface area contributed by atoms with E-state index < -0.39 is 24.3 Å². The molecule has 0 unspecified atom stereocenters. The molecule has 0 fully saturated rings. The molecule has 1 atom stereocenters. The molecular weight excluding hydrogens is 392 g/mol. The van der Waals surface area contributed by atoms with Crippen LogP contribution in [0.3, 0.4) is 0 Å². The number of aryl methyl sites for hydroxylation is 1. The number of amides is 1. The van der Waals surface area contributed by atoms with Crippen LogP contribution in [0.4, 0.5) is 0 Å². The summed E-state index contributed by atoms with van der Waals surface area (Å²) in [5.74, 6) is 5.28. The lowest BCUT2D eigenvalue weighted by atomic mass is 10.0. The summed E-state index contributed by atoms with van der Waals surface area (Å²) >= 11 is 0. The maximum absolute atomic E-state index is 12.2. The summed E-state index contributed by atoms with van der Waals surface area (Å²) in [6.07, 6.45) is 4.45. The van der Waals surface area contributed by atoms with Gasteiger partial charge in [0.05, 0.1) is 0 Å². The highest BCUT2D eigenvalue weighted by atomic mass is 16.5. The first-order valence-corrected chi connectivity index (χ1v) is 10.4. The molecule has 2 aromatic rings. The Bertz CT molecular complexity index is 896. The van der Waals surface area contributed by atoms with Gasteiger partial charge < -0.3 is 20.9 Å². The number of ether oxygens (including phenoxy) is 1. The number of aliphatic hydroxyl groups excluding tert-OH is 1. The van der Waals surface area contributed by atoms with Crippen LogP contribution in [-0.4, -0.2) is 49.7 Å². The predicted molar refractivity (Wildman–Crippen MR) is 121 cm³/mol. The van der Waals surface area contributed by atoms with E-state index in [1.54, 1.807) is 31.4 Å². The molecular formula is C25H30N2O4. The van der Waals surface area contributed by atoms with E-state index in [9.17, 15) is 9.59 Å². The molecule has 31 heavy (non-hydrogen) atoms. The lowest BCUT2D eigenvalue weighted by Crippen LogP contribution is -2.46. The number of nitrogens with two attached hydrogens (primary N) is 1. The lowest BCUT2D eigenvalue weighted by molar-refractivity contribution is -0.123. The number of unbranched alkanes of at least 4 members (excludes halogenated alkanes) is 2. The molecule has 2 aromatic carbocycles. The van der Waals surface area contributed by atoms with E-state index in [4.69, 9.17) is 15.6 Å². The minimum atomic E-state index is -0.898. The third-order valence-corrected chi connectivity index (χ3v) is 4.85. The fraction of sp³-hybridized carbons (Fsp3) is 0.360. The molecule has 0 spiro atoms. The van der Waals surface area contributed by atoms with Gasteiger partial charge in [0.2, 0.25) is 0 Å². The molecule has 0 aliphatic carbocycles. The van der Waals surface area contributed by atoms with Crippen molar-refractivity contribution in [1.29, 1.82) is 0 Å². The van der Waals surface area contributed by atoms with Gasteiger partial charge in [0.25, 0.3) is 5.91 Å². The Balaban J connectivity index is 1.90. The van der Waals surface area contributed by atoms with Gasteiger partial charge >= 0.3 is 0 Å². The van der Waals surface area contributed by atoms with Crippen molar-refractivity contribution in [1.82, 2.24) is 5.32 Å². The molecule has 0 saturated carbocycles. The fourth-order valence-electron chi connectivity index (χ4n) is 2.98. The van der Waals surface area contributed by atoms with Crippen molar-refractivity contribution in [2.45, 2.75) is 31.7 Å². The normalized spacial score (nSPS) is 11.3. The standard InChI is InChI=1S/C25H30N2O4/c1-31-16-4-2-3-5-19-6-8-20(9-7-19)10-11-21-12-14-22(15-13-21)25(30)27-23(17-26)24(29)18-28/h6-9,12-15,23,28H,2-5,16-18,26H2,1H3,(H,27,30)/t23-/m0/s1. The van der Waals surface area contributed by atoms with Crippen LogP contribution in [0.2, 0.25) is 0 Å². The van der Waals surface area contributed by atoms with Crippen LogP contribution in [0, 0.1) is 11.8 Å². The molecule has 1 amide bonds. The van der Waals surface area contributed by atoms with Crippen LogP contribution >= 0.6 is 0 Å². The Hall–Kier alpha value is -2.98. The number of ketones is 1. The summed E-state index contributed by atoms with van der Waals surface area (Å²) in [5, 5.41) is 11.4. The number of Topliss-reactive ketones (excluding diaryl/α,β-unsaturated/α-hetero) is 1. The van der Waals surface area contributed by atoms with Crippen LogP contribution in [0.15, 0.2) is 48.5 Å². The molecule has 0 radical (unpaired) electrons. The summed E-state index contributed by atoms with van der Waals surface area (Å²) in [4.78, 5) is 23.8. The van der Waals surface area contributed by atoms with E-state index in [1.165, 1.54) is 5.56 Å². The Morgan fingerprint density at radius 3 is 2.16 bits per heavy atom. The van der Waals surface area contributed by atoms with E-state index >= 15 is 0 Å². The molecule has 164 valence electrons. The molecule has 6 nitrogen and oxygen atoms in total. The summed E-state index contributed by atoms with van der Waals surface area (Å²) in [6.45, 7) is 0.0884. The number of carbonyl (C=O) groups excluding carboxylic acids is 2. The monoisotopic (exact) mass is 422 g/mol. The van der Waals surface area contributed by atoms with Crippen molar-refractivity contribution in [3.05, 3.63) is 70.8 Å². The van der Waals surface area contributed by atoms with Crippen LogP contribution in [-0.2, 0) is 16.0 Å². The average molecular weight is 423 g/mol. The molecule has 0 saturated heterocycles. The van der Waals surface area contributed by atoms with Crippen molar-refractivity contribution in [2.24, 2.45) is 5.73 Å². The molecule has 0 aliphatic heterocycles. The second-order valence-electron chi connectivity index (χ2n) is 7.21. The van der Waals surface area contributed by atoms with Gasteiger partial charge in [-0.25, -0.2) is 0 Å². The highest BCUT2D eigenvalue weighted by Crippen LogP contribution is 2.09. The average Bonchev–Trinajstić information content (AvgIpc) is 2.81. The maximum Gasteiger partial charge on any atom is 0.251 e. The fourth-order valence-corrected chi connectivity index (χ4v) is 2.98. The van der Waals surface area contributed by atoms with E-state index in [1.807, 2.05) is 12.1 Å². The summed E-state index contributed by atoms with van der Waals surface area (Å²) in [7, 11) is 1.73. The van der Waals surface area contributed by atoms with E-state index in [0.717, 1.165) is 43.4 Å².